The Morgan fingerprint density at radius 1 is 1.28 bits per heavy atom. The monoisotopic (exact) mass is 272 g/mol. The predicted molar refractivity (Wildman–Crippen MR) is 72.0 cm³/mol. The molecule has 0 atom stereocenters. The number of methoxy groups -OCH3 is 2. The molecule has 0 bridgehead atoms. The van der Waals surface area contributed by atoms with Crippen LogP contribution in [0.2, 0.25) is 5.02 Å². The van der Waals surface area contributed by atoms with Gasteiger partial charge in [0.1, 0.15) is 17.1 Å². The number of ether oxygens (including phenoxy) is 3. The van der Waals surface area contributed by atoms with Crippen molar-refractivity contribution in [2.45, 2.75) is 0 Å². The highest BCUT2D eigenvalue weighted by Crippen LogP contribution is 2.45. The summed E-state index contributed by atoms with van der Waals surface area (Å²) in [6.07, 6.45) is 0. The first-order valence-corrected chi connectivity index (χ1v) is 6.09. The van der Waals surface area contributed by atoms with Gasteiger partial charge in [0.25, 0.3) is 0 Å². The standard InChI is InChI=1S/C12H17ClN2O3/c1-16-9-7-8(13)12(17-2)11(10(9)14)15-3-5-18-6-4-15/h7H,3-6,14H2,1-2H3. The number of hydrogen-bond donors (Lipinski definition) is 1. The molecule has 0 aromatic heterocycles. The second-order valence-corrected chi connectivity index (χ2v) is 4.36. The summed E-state index contributed by atoms with van der Waals surface area (Å²) in [4.78, 5) is 2.10. The number of nitrogen functional groups attached to an aromatic ring is 1. The lowest BCUT2D eigenvalue weighted by Crippen LogP contribution is -2.37. The Labute approximate surface area is 111 Å². The molecular formula is C12H17ClN2O3. The van der Waals surface area contributed by atoms with E-state index in [1.165, 1.54) is 0 Å². The third-order valence-electron chi connectivity index (χ3n) is 2.96. The van der Waals surface area contributed by atoms with Crippen molar-refractivity contribution in [3.05, 3.63) is 11.1 Å². The molecular weight excluding hydrogens is 256 g/mol. The summed E-state index contributed by atoms with van der Waals surface area (Å²) in [6.45, 7) is 2.84. The van der Waals surface area contributed by atoms with E-state index in [4.69, 9.17) is 31.5 Å². The molecule has 0 aliphatic carbocycles. The number of nitrogens with zero attached hydrogens (tertiary/aromatic N) is 1. The highest BCUT2D eigenvalue weighted by molar-refractivity contribution is 6.33. The van der Waals surface area contributed by atoms with Crippen LogP contribution in [-0.4, -0.2) is 40.5 Å². The van der Waals surface area contributed by atoms with Gasteiger partial charge in [-0.2, -0.15) is 0 Å². The fourth-order valence-corrected chi connectivity index (χ4v) is 2.34. The molecule has 1 heterocycles. The molecule has 18 heavy (non-hydrogen) atoms. The molecule has 0 radical (unpaired) electrons. The summed E-state index contributed by atoms with van der Waals surface area (Å²) in [5, 5.41) is 0.491. The van der Waals surface area contributed by atoms with Gasteiger partial charge in [0, 0.05) is 19.2 Å². The molecule has 1 aliphatic heterocycles. The Hall–Kier alpha value is -1.33. The second kappa shape index (κ2) is 5.54. The van der Waals surface area contributed by atoms with E-state index in [9.17, 15) is 0 Å². The zero-order valence-electron chi connectivity index (χ0n) is 10.5. The van der Waals surface area contributed by atoms with Gasteiger partial charge in [-0.15, -0.1) is 0 Å². The summed E-state index contributed by atoms with van der Waals surface area (Å²) in [7, 11) is 3.15. The van der Waals surface area contributed by atoms with Gasteiger partial charge in [-0.1, -0.05) is 11.6 Å². The summed E-state index contributed by atoms with van der Waals surface area (Å²) in [5.41, 5.74) is 7.45. The van der Waals surface area contributed by atoms with Crippen molar-refractivity contribution >= 4 is 23.0 Å². The average molecular weight is 273 g/mol. The number of hydrogen-bond acceptors (Lipinski definition) is 5. The molecule has 0 saturated carbocycles. The Balaban J connectivity index is 2.50. The van der Waals surface area contributed by atoms with E-state index in [2.05, 4.69) is 4.90 Å². The molecule has 5 nitrogen and oxygen atoms in total. The van der Waals surface area contributed by atoms with Crippen molar-refractivity contribution in [3.8, 4) is 11.5 Å². The van der Waals surface area contributed by atoms with Crippen molar-refractivity contribution in [1.82, 2.24) is 0 Å². The second-order valence-electron chi connectivity index (χ2n) is 3.96. The van der Waals surface area contributed by atoms with Crippen LogP contribution in [0.25, 0.3) is 0 Å². The van der Waals surface area contributed by atoms with Crippen LogP contribution in [0.15, 0.2) is 6.07 Å². The van der Waals surface area contributed by atoms with Crippen LogP contribution in [0, 0.1) is 0 Å². The van der Waals surface area contributed by atoms with Crippen molar-refractivity contribution in [1.29, 1.82) is 0 Å². The minimum Gasteiger partial charge on any atom is -0.494 e. The zero-order chi connectivity index (χ0) is 13.1. The summed E-state index contributed by atoms with van der Waals surface area (Å²) < 4.78 is 15.9. The maximum atomic E-state index is 6.19. The number of anilines is 2. The first-order chi connectivity index (χ1) is 8.69. The Morgan fingerprint density at radius 3 is 2.50 bits per heavy atom. The van der Waals surface area contributed by atoms with Crippen LogP contribution in [0.3, 0.4) is 0 Å². The number of morpholine rings is 1. The molecule has 100 valence electrons. The molecule has 1 aliphatic rings. The third-order valence-corrected chi connectivity index (χ3v) is 3.24. The fraction of sp³-hybridized carbons (Fsp3) is 0.500. The summed E-state index contributed by atoms with van der Waals surface area (Å²) in [5.74, 6) is 1.14. The molecule has 6 heteroatoms. The van der Waals surface area contributed by atoms with E-state index in [1.54, 1.807) is 20.3 Å². The van der Waals surface area contributed by atoms with E-state index in [1.807, 2.05) is 0 Å². The Morgan fingerprint density at radius 2 is 1.94 bits per heavy atom. The topological polar surface area (TPSA) is 57.0 Å². The number of benzene rings is 1. The maximum Gasteiger partial charge on any atom is 0.163 e. The zero-order valence-corrected chi connectivity index (χ0v) is 11.3. The van der Waals surface area contributed by atoms with Crippen LogP contribution in [-0.2, 0) is 4.74 Å². The number of nitrogens with two attached hydrogens (primary N) is 1. The number of halogens is 1. The predicted octanol–water partition coefficient (Wildman–Crippen LogP) is 1.78. The van der Waals surface area contributed by atoms with Gasteiger partial charge in [-0.25, -0.2) is 0 Å². The molecule has 0 spiro atoms. The van der Waals surface area contributed by atoms with Crippen LogP contribution >= 0.6 is 11.6 Å². The van der Waals surface area contributed by atoms with Gasteiger partial charge in [0.15, 0.2) is 5.75 Å². The average Bonchev–Trinajstić information content (AvgIpc) is 2.41. The van der Waals surface area contributed by atoms with Gasteiger partial charge in [-0.3, -0.25) is 0 Å². The minimum absolute atomic E-state index is 0.491. The molecule has 0 unspecified atom stereocenters. The van der Waals surface area contributed by atoms with Gasteiger partial charge < -0.3 is 24.8 Å². The van der Waals surface area contributed by atoms with Gasteiger partial charge >= 0.3 is 0 Å². The van der Waals surface area contributed by atoms with Gasteiger partial charge in [-0.05, 0) is 0 Å². The van der Waals surface area contributed by atoms with E-state index in [0.717, 1.165) is 18.8 Å². The highest BCUT2D eigenvalue weighted by atomic mass is 35.5. The van der Waals surface area contributed by atoms with E-state index in [0.29, 0.717) is 35.4 Å². The van der Waals surface area contributed by atoms with Crippen LogP contribution in [0.5, 0.6) is 11.5 Å². The lowest BCUT2D eigenvalue weighted by molar-refractivity contribution is 0.122. The summed E-state index contributed by atoms with van der Waals surface area (Å²) in [6, 6.07) is 1.67. The molecule has 2 rings (SSSR count). The molecule has 0 amide bonds. The fourth-order valence-electron chi connectivity index (χ4n) is 2.07. The first-order valence-electron chi connectivity index (χ1n) is 5.71. The Bertz CT molecular complexity index is 434. The lowest BCUT2D eigenvalue weighted by atomic mass is 10.2. The van der Waals surface area contributed by atoms with Crippen LogP contribution < -0.4 is 20.1 Å². The van der Waals surface area contributed by atoms with E-state index < -0.39 is 0 Å². The summed E-state index contributed by atoms with van der Waals surface area (Å²) >= 11 is 6.19. The smallest absolute Gasteiger partial charge is 0.163 e. The van der Waals surface area contributed by atoms with Crippen molar-refractivity contribution in [2.75, 3.05) is 51.2 Å². The lowest BCUT2D eigenvalue weighted by Gasteiger charge is -2.31. The SMILES string of the molecule is COc1cc(Cl)c(OC)c(N2CCOCC2)c1N. The van der Waals surface area contributed by atoms with E-state index >= 15 is 0 Å². The normalized spacial score (nSPS) is 15.6. The quantitative estimate of drug-likeness (QED) is 0.850. The van der Waals surface area contributed by atoms with Gasteiger partial charge in [0.2, 0.25) is 0 Å². The third kappa shape index (κ3) is 2.28. The molecule has 1 aromatic carbocycles. The van der Waals surface area contributed by atoms with Crippen molar-refractivity contribution < 1.29 is 14.2 Å². The molecule has 1 aromatic rings. The molecule has 1 saturated heterocycles. The van der Waals surface area contributed by atoms with Crippen molar-refractivity contribution in [3.63, 3.8) is 0 Å². The molecule has 2 N–H and O–H groups in total. The van der Waals surface area contributed by atoms with Crippen LogP contribution in [0.1, 0.15) is 0 Å². The van der Waals surface area contributed by atoms with E-state index in [-0.39, 0.29) is 0 Å². The minimum atomic E-state index is 0.491. The maximum absolute atomic E-state index is 6.19. The largest absolute Gasteiger partial charge is 0.494 e. The van der Waals surface area contributed by atoms with Crippen LogP contribution in [0.4, 0.5) is 11.4 Å². The number of rotatable bonds is 3. The Kier molecular flexibility index (Phi) is 4.04. The highest BCUT2D eigenvalue weighted by Gasteiger charge is 2.23. The van der Waals surface area contributed by atoms with Crippen molar-refractivity contribution in [2.24, 2.45) is 0 Å². The first kappa shape index (κ1) is 13.1. The van der Waals surface area contributed by atoms with Gasteiger partial charge in [0.05, 0.1) is 32.5 Å². The molecule has 1 fully saturated rings.